The van der Waals surface area contributed by atoms with Gasteiger partial charge in [0.05, 0.1) is 18.7 Å². The molecule has 2 rings (SSSR count). The molecule has 9 heteroatoms. The van der Waals surface area contributed by atoms with Crippen LogP contribution in [0.15, 0.2) is 0 Å². The van der Waals surface area contributed by atoms with Crippen LogP contribution < -0.4 is 0 Å². The van der Waals surface area contributed by atoms with Gasteiger partial charge >= 0.3 is 0 Å². The number of likely N-dealkylation sites (tertiary alicyclic amines) is 1. The van der Waals surface area contributed by atoms with E-state index in [0.717, 1.165) is 19.4 Å². The topological polar surface area (TPSA) is 81.2 Å². The van der Waals surface area contributed by atoms with Gasteiger partial charge in [-0.25, -0.2) is 8.42 Å². The van der Waals surface area contributed by atoms with E-state index in [1.807, 2.05) is 4.90 Å². The molecule has 2 aliphatic heterocycles. The predicted molar refractivity (Wildman–Crippen MR) is 90.9 cm³/mol. The fraction of sp³-hybridized carbons (Fsp3) is 0.867. The summed E-state index contributed by atoms with van der Waals surface area (Å²) < 4.78 is 24.4. The van der Waals surface area contributed by atoms with E-state index in [2.05, 4.69) is 0 Å². The number of carbonyl (C=O) groups is 2. The molecule has 2 fully saturated rings. The average molecular weight is 360 g/mol. The first-order valence-corrected chi connectivity index (χ1v) is 10.2. The second kappa shape index (κ2) is 7.79. The molecule has 0 bridgehead atoms. The van der Waals surface area contributed by atoms with Gasteiger partial charge in [-0.3, -0.25) is 14.5 Å². The highest BCUT2D eigenvalue weighted by Gasteiger charge is 2.30. The largest absolute Gasteiger partial charge is 0.349 e. The fourth-order valence-electron chi connectivity index (χ4n) is 3.33. The molecular weight excluding hydrogens is 332 g/mol. The van der Waals surface area contributed by atoms with Gasteiger partial charge in [0, 0.05) is 46.8 Å². The van der Waals surface area contributed by atoms with E-state index in [0.29, 0.717) is 39.3 Å². The first kappa shape index (κ1) is 19.1. The Hall–Kier alpha value is -1.19. The summed E-state index contributed by atoms with van der Waals surface area (Å²) in [5, 5.41) is 0. The van der Waals surface area contributed by atoms with Crippen molar-refractivity contribution in [1.29, 1.82) is 0 Å². The third-order valence-corrected chi connectivity index (χ3v) is 6.02. The van der Waals surface area contributed by atoms with Crippen molar-refractivity contribution in [3.8, 4) is 0 Å². The second-order valence-corrected chi connectivity index (χ2v) is 8.83. The highest BCUT2D eigenvalue weighted by atomic mass is 32.2. The van der Waals surface area contributed by atoms with Gasteiger partial charge in [-0.15, -0.1) is 0 Å². The van der Waals surface area contributed by atoms with Crippen molar-refractivity contribution < 1.29 is 18.0 Å². The smallest absolute Gasteiger partial charge is 0.236 e. The molecule has 0 spiro atoms. The van der Waals surface area contributed by atoms with Gasteiger partial charge in [-0.1, -0.05) is 0 Å². The Morgan fingerprint density at radius 3 is 2.25 bits per heavy atom. The van der Waals surface area contributed by atoms with Crippen LogP contribution in [0.25, 0.3) is 0 Å². The highest BCUT2D eigenvalue weighted by molar-refractivity contribution is 7.88. The van der Waals surface area contributed by atoms with Crippen LogP contribution in [0.5, 0.6) is 0 Å². The summed E-state index contributed by atoms with van der Waals surface area (Å²) in [6.45, 7) is 3.31. The molecule has 2 heterocycles. The number of sulfonamides is 1. The van der Waals surface area contributed by atoms with E-state index in [1.165, 1.54) is 10.6 Å². The van der Waals surface area contributed by atoms with Crippen molar-refractivity contribution in [3.63, 3.8) is 0 Å². The van der Waals surface area contributed by atoms with Gasteiger partial charge in [-0.2, -0.15) is 4.31 Å². The van der Waals surface area contributed by atoms with Crippen LogP contribution in [0, 0.1) is 5.92 Å². The Morgan fingerprint density at radius 2 is 1.71 bits per heavy atom. The lowest BCUT2D eigenvalue weighted by Gasteiger charge is -2.36. The zero-order chi connectivity index (χ0) is 17.9. The van der Waals surface area contributed by atoms with Gasteiger partial charge in [-0.05, 0) is 19.4 Å². The SMILES string of the molecule is CN(C)C(=O)C1CCCN(CC(=O)N2CCN(S(C)(=O)=O)CC2)C1. The lowest BCUT2D eigenvalue weighted by molar-refractivity contribution is -0.138. The van der Waals surface area contributed by atoms with E-state index < -0.39 is 10.0 Å². The molecule has 0 aliphatic carbocycles. The van der Waals surface area contributed by atoms with Crippen molar-refractivity contribution in [3.05, 3.63) is 0 Å². The molecular formula is C15H28N4O4S. The Kier molecular flexibility index (Phi) is 6.22. The number of carbonyl (C=O) groups excluding carboxylic acids is 2. The van der Waals surface area contributed by atoms with Crippen LogP contribution >= 0.6 is 0 Å². The summed E-state index contributed by atoms with van der Waals surface area (Å²) in [6.07, 6.45) is 2.98. The summed E-state index contributed by atoms with van der Waals surface area (Å²) in [5.74, 6) is 0.0960. The molecule has 8 nitrogen and oxygen atoms in total. The third-order valence-electron chi connectivity index (χ3n) is 4.71. The number of rotatable bonds is 4. The maximum absolute atomic E-state index is 12.5. The molecule has 24 heavy (non-hydrogen) atoms. The number of nitrogens with zero attached hydrogens (tertiary/aromatic N) is 4. The Morgan fingerprint density at radius 1 is 1.08 bits per heavy atom. The standard InChI is InChI=1S/C15H28N4O4S/c1-16(2)15(21)13-5-4-6-17(11-13)12-14(20)18-7-9-19(10-8-18)24(3,22)23/h13H,4-12H2,1-3H3. The van der Waals surface area contributed by atoms with Crippen molar-refractivity contribution >= 4 is 21.8 Å². The van der Waals surface area contributed by atoms with Crippen molar-refractivity contribution in [2.45, 2.75) is 12.8 Å². The fourth-order valence-corrected chi connectivity index (χ4v) is 4.15. The van der Waals surface area contributed by atoms with Gasteiger partial charge in [0.25, 0.3) is 0 Å². The summed E-state index contributed by atoms with van der Waals surface area (Å²) in [5.41, 5.74) is 0. The molecule has 2 amide bonds. The molecule has 138 valence electrons. The van der Waals surface area contributed by atoms with Crippen LogP contribution in [0.3, 0.4) is 0 Å². The van der Waals surface area contributed by atoms with Crippen LogP contribution in [-0.4, -0.2) is 105 Å². The summed E-state index contributed by atoms with van der Waals surface area (Å²) in [4.78, 5) is 29.9. The molecule has 2 aliphatic rings. The predicted octanol–water partition coefficient (Wildman–Crippen LogP) is -1.11. The summed E-state index contributed by atoms with van der Waals surface area (Å²) >= 11 is 0. The third kappa shape index (κ3) is 4.90. The molecule has 0 aromatic carbocycles. The van der Waals surface area contributed by atoms with E-state index in [9.17, 15) is 18.0 Å². The second-order valence-electron chi connectivity index (χ2n) is 6.85. The molecule has 2 saturated heterocycles. The van der Waals surface area contributed by atoms with Crippen LogP contribution in [0.2, 0.25) is 0 Å². The maximum Gasteiger partial charge on any atom is 0.236 e. The van der Waals surface area contributed by atoms with E-state index >= 15 is 0 Å². The zero-order valence-corrected chi connectivity index (χ0v) is 15.6. The van der Waals surface area contributed by atoms with E-state index in [4.69, 9.17) is 0 Å². The molecule has 0 aromatic rings. The number of hydrogen-bond acceptors (Lipinski definition) is 5. The first-order valence-electron chi connectivity index (χ1n) is 8.35. The normalized spacial score (nSPS) is 24.0. The van der Waals surface area contributed by atoms with Crippen molar-refractivity contribution in [1.82, 2.24) is 19.0 Å². The van der Waals surface area contributed by atoms with Gasteiger partial charge in [0.15, 0.2) is 0 Å². The summed E-state index contributed by atoms with van der Waals surface area (Å²) in [6, 6.07) is 0. The quantitative estimate of drug-likeness (QED) is 0.635. The molecule has 0 N–H and O–H groups in total. The Bertz CT molecular complexity index is 570. The van der Waals surface area contributed by atoms with Gasteiger partial charge in [0.2, 0.25) is 21.8 Å². The zero-order valence-electron chi connectivity index (χ0n) is 14.8. The molecule has 0 aromatic heterocycles. The average Bonchev–Trinajstić information content (AvgIpc) is 2.53. The minimum atomic E-state index is -3.18. The Balaban J connectivity index is 1.83. The maximum atomic E-state index is 12.5. The monoisotopic (exact) mass is 360 g/mol. The van der Waals surface area contributed by atoms with E-state index in [-0.39, 0.29) is 17.7 Å². The first-order chi connectivity index (χ1) is 11.2. The van der Waals surface area contributed by atoms with Crippen molar-refractivity contribution in [2.75, 3.05) is 66.2 Å². The minimum absolute atomic E-state index is 0.0149. The Labute approximate surface area is 144 Å². The minimum Gasteiger partial charge on any atom is -0.349 e. The van der Waals surface area contributed by atoms with Crippen molar-refractivity contribution in [2.24, 2.45) is 5.92 Å². The summed E-state index contributed by atoms with van der Waals surface area (Å²) in [7, 11) is 0.331. The van der Waals surface area contributed by atoms with Crippen LogP contribution in [0.4, 0.5) is 0 Å². The van der Waals surface area contributed by atoms with Crippen LogP contribution in [-0.2, 0) is 19.6 Å². The van der Waals surface area contributed by atoms with E-state index in [1.54, 1.807) is 23.9 Å². The molecule has 0 radical (unpaired) electrons. The molecule has 1 atom stereocenters. The number of piperidine rings is 1. The molecule has 0 saturated carbocycles. The number of amides is 2. The lowest BCUT2D eigenvalue weighted by Crippen LogP contribution is -2.53. The lowest BCUT2D eigenvalue weighted by atomic mass is 9.97. The van der Waals surface area contributed by atoms with Crippen LogP contribution in [0.1, 0.15) is 12.8 Å². The van der Waals surface area contributed by atoms with Gasteiger partial charge in [0.1, 0.15) is 0 Å². The molecule has 1 unspecified atom stereocenters. The number of hydrogen-bond donors (Lipinski definition) is 0. The highest BCUT2D eigenvalue weighted by Crippen LogP contribution is 2.18. The number of piperazine rings is 1. The van der Waals surface area contributed by atoms with Gasteiger partial charge < -0.3 is 9.80 Å².